The zero-order valence-electron chi connectivity index (χ0n) is 9.88. The number of benzene rings is 1. The number of hydrogen-bond acceptors (Lipinski definition) is 2. The van der Waals surface area contributed by atoms with E-state index >= 15 is 0 Å². The molecule has 17 heavy (non-hydrogen) atoms. The van der Waals surface area contributed by atoms with Crippen molar-refractivity contribution in [1.29, 1.82) is 0 Å². The summed E-state index contributed by atoms with van der Waals surface area (Å²) in [5, 5.41) is 9.43. The lowest BCUT2D eigenvalue weighted by atomic mass is 9.95. The second kappa shape index (κ2) is 4.56. The van der Waals surface area contributed by atoms with Gasteiger partial charge in [-0.05, 0) is 38.5 Å². The fourth-order valence-corrected chi connectivity index (χ4v) is 1.29. The first-order valence-electron chi connectivity index (χ1n) is 5.21. The Hall–Kier alpha value is -1.23. The number of halogens is 3. The van der Waals surface area contributed by atoms with Crippen LogP contribution < -0.4 is 4.74 Å². The number of rotatable bonds is 3. The van der Waals surface area contributed by atoms with Crippen LogP contribution in [0, 0.1) is 0 Å². The highest BCUT2D eigenvalue weighted by Crippen LogP contribution is 2.38. The molecule has 0 amide bonds. The van der Waals surface area contributed by atoms with Crippen LogP contribution in [0.5, 0.6) is 5.75 Å². The van der Waals surface area contributed by atoms with E-state index in [9.17, 15) is 18.3 Å². The highest BCUT2D eigenvalue weighted by molar-refractivity contribution is 5.31. The van der Waals surface area contributed by atoms with Gasteiger partial charge in [-0.25, -0.2) is 0 Å². The smallest absolute Gasteiger partial charge is 0.421 e. The van der Waals surface area contributed by atoms with Crippen molar-refractivity contribution in [3.05, 3.63) is 29.8 Å². The van der Waals surface area contributed by atoms with Gasteiger partial charge in [0.2, 0.25) is 0 Å². The van der Waals surface area contributed by atoms with Crippen molar-refractivity contribution < 1.29 is 23.0 Å². The van der Waals surface area contributed by atoms with Crippen LogP contribution >= 0.6 is 0 Å². The van der Waals surface area contributed by atoms with E-state index in [1.54, 1.807) is 0 Å². The molecule has 1 N–H and O–H groups in total. The van der Waals surface area contributed by atoms with Crippen molar-refractivity contribution in [2.24, 2.45) is 0 Å². The van der Waals surface area contributed by atoms with Crippen LogP contribution in [-0.2, 0) is 5.60 Å². The predicted molar refractivity (Wildman–Crippen MR) is 57.8 cm³/mol. The van der Waals surface area contributed by atoms with Crippen LogP contribution in [0.2, 0.25) is 0 Å². The summed E-state index contributed by atoms with van der Waals surface area (Å²) in [6.45, 7) is 4.37. The lowest BCUT2D eigenvalue weighted by Crippen LogP contribution is -2.39. The summed E-state index contributed by atoms with van der Waals surface area (Å²) >= 11 is 0. The van der Waals surface area contributed by atoms with Crippen molar-refractivity contribution in [3.63, 3.8) is 0 Å². The normalized spacial score (nSPS) is 15.8. The third kappa shape index (κ3) is 3.12. The van der Waals surface area contributed by atoms with Gasteiger partial charge in [0.15, 0.2) is 5.60 Å². The van der Waals surface area contributed by atoms with Crippen LogP contribution in [-0.4, -0.2) is 17.4 Å². The van der Waals surface area contributed by atoms with Crippen molar-refractivity contribution >= 4 is 0 Å². The van der Waals surface area contributed by atoms with E-state index in [2.05, 4.69) is 0 Å². The molecule has 0 aliphatic rings. The van der Waals surface area contributed by atoms with Gasteiger partial charge >= 0.3 is 6.18 Å². The second-order valence-electron chi connectivity index (χ2n) is 4.26. The molecule has 1 unspecified atom stereocenters. The van der Waals surface area contributed by atoms with Crippen molar-refractivity contribution in [1.82, 2.24) is 0 Å². The minimum Gasteiger partial charge on any atom is -0.491 e. The first kappa shape index (κ1) is 13.8. The molecule has 0 fully saturated rings. The molecule has 1 atom stereocenters. The summed E-state index contributed by atoms with van der Waals surface area (Å²) in [5.41, 5.74) is -3.05. The van der Waals surface area contributed by atoms with Gasteiger partial charge in [-0.15, -0.1) is 0 Å². The van der Waals surface area contributed by atoms with Gasteiger partial charge in [0, 0.05) is 0 Å². The maximum Gasteiger partial charge on any atom is 0.421 e. The van der Waals surface area contributed by atoms with Gasteiger partial charge in [0.1, 0.15) is 5.75 Å². The Bertz CT molecular complexity index is 366. The third-order valence-electron chi connectivity index (χ3n) is 2.34. The molecule has 96 valence electrons. The average Bonchev–Trinajstić information content (AvgIpc) is 2.15. The third-order valence-corrected chi connectivity index (χ3v) is 2.34. The maximum absolute atomic E-state index is 12.5. The Balaban J connectivity index is 2.95. The van der Waals surface area contributed by atoms with Crippen LogP contribution in [0.4, 0.5) is 13.2 Å². The fourth-order valence-electron chi connectivity index (χ4n) is 1.29. The van der Waals surface area contributed by atoms with Gasteiger partial charge in [-0.1, -0.05) is 12.1 Å². The molecule has 0 radical (unpaired) electrons. The SMILES string of the molecule is CC(C)Oc1ccc(C(C)(O)C(F)(F)F)cc1. The van der Waals surface area contributed by atoms with Crippen molar-refractivity contribution in [2.75, 3.05) is 0 Å². The highest BCUT2D eigenvalue weighted by atomic mass is 19.4. The van der Waals surface area contributed by atoms with Crippen LogP contribution in [0.15, 0.2) is 24.3 Å². The first-order chi connectivity index (χ1) is 7.64. The number of ether oxygens (including phenoxy) is 1. The topological polar surface area (TPSA) is 29.5 Å². The molecular formula is C12H15F3O2. The molecule has 2 nitrogen and oxygen atoms in total. The molecule has 0 spiro atoms. The standard InChI is InChI=1S/C12H15F3O2/c1-8(2)17-10-6-4-9(5-7-10)11(3,16)12(13,14)15/h4-8,16H,1-3H3. The Labute approximate surface area is 98.0 Å². The molecule has 1 aromatic carbocycles. The van der Waals surface area contributed by atoms with E-state index in [1.807, 2.05) is 13.8 Å². The molecule has 0 aliphatic heterocycles. The molecule has 1 aromatic rings. The quantitative estimate of drug-likeness (QED) is 0.889. The molecule has 0 aromatic heterocycles. The highest BCUT2D eigenvalue weighted by Gasteiger charge is 2.51. The Morgan fingerprint density at radius 3 is 1.94 bits per heavy atom. The van der Waals surface area contributed by atoms with E-state index in [0.717, 1.165) is 6.92 Å². The van der Waals surface area contributed by atoms with Gasteiger partial charge in [-0.2, -0.15) is 13.2 Å². The maximum atomic E-state index is 12.5. The molecule has 0 bridgehead atoms. The van der Waals surface area contributed by atoms with Gasteiger partial charge < -0.3 is 9.84 Å². The van der Waals surface area contributed by atoms with Gasteiger partial charge in [-0.3, -0.25) is 0 Å². The Morgan fingerprint density at radius 1 is 1.12 bits per heavy atom. The molecule has 0 saturated carbocycles. The summed E-state index contributed by atoms with van der Waals surface area (Å²) in [7, 11) is 0. The van der Waals surface area contributed by atoms with Crippen LogP contribution in [0.3, 0.4) is 0 Å². The van der Waals surface area contributed by atoms with Crippen LogP contribution in [0.25, 0.3) is 0 Å². The van der Waals surface area contributed by atoms with Crippen LogP contribution in [0.1, 0.15) is 26.3 Å². The monoisotopic (exact) mass is 248 g/mol. The number of hydrogen-bond donors (Lipinski definition) is 1. The van der Waals surface area contributed by atoms with Crippen molar-refractivity contribution in [3.8, 4) is 5.75 Å². The van der Waals surface area contributed by atoms with E-state index in [-0.39, 0.29) is 11.7 Å². The Morgan fingerprint density at radius 2 is 1.59 bits per heavy atom. The Kier molecular flexibility index (Phi) is 3.71. The number of aliphatic hydroxyl groups is 1. The molecule has 5 heteroatoms. The van der Waals surface area contributed by atoms with E-state index in [4.69, 9.17) is 4.74 Å². The van der Waals surface area contributed by atoms with Gasteiger partial charge in [0.25, 0.3) is 0 Å². The summed E-state index contributed by atoms with van der Waals surface area (Å²) in [4.78, 5) is 0. The molecule has 0 saturated heterocycles. The summed E-state index contributed by atoms with van der Waals surface area (Å²) < 4.78 is 43.0. The summed E-state index contributed by atoms with van der Waals surface area (Å²) in [6, 6.07) is 5.25. The lowest BCUT2D eigenvalue weighted by Gasteiger charge is -2.26. The summed E-state index contributed by atoms with van der Waals surface area (Å²) in [5.74, 6) is 0.474. The molecule has 0 heterocycles. The number of alkyl halides is 3. The fraction of sp³-hybridized carbons (Fsp3) is 0.500. The minimum atomic E-state index is -4.70. The van der Waals surface area contributed by atoms with E-state index in [0.29, 0.717) is 5.75 Å². The summed E-state index contributed by atoms with van der Waals surface area (Å²) in [6.07, 6.45) is -4.75. The van der Waals surface area contributed by atoms with Gasteiger partial charge in [0.05, 0.1) is 6.10 Å². The largest absolute Gasteiger partial charge is 0.491 e. The molecule has 1 rings (SSSR count). The predicted octanol–water partition coefficient (Wildman–Crippen LogP) is 3.24. The molecular weight excluding hydrogens is 233 g/mol. The lowest BCUT2D eigenvalue weighted by molar-refractivity contribution is -0.258. The van der Waals surface area contributed by atoms with Crippen molar-refractivity contribution in [2.45, 2.75) is 38.7 Å². The van der Waals surface area contributed by atoms with E-state index in [1.165, 1.54) is 24.3 Å². The van der Waals surface area contributed by atoms with E-state index < -0.39 is 11.8 Å². The zero-order chi connectivity index (χ0) is 13.3. The average molecular weight is 248 g/mol. The minimum absolute atomic E-state index is 0.0519. The first-order valence-corrected chi connectivity index (χ1v) is 5.21. The zero-order valence-corrected chi connectivity index (χ0v) is 9.88. The molecule has 0 aliphatic carbocycles. The second-order valence-corrected chi connectivity index (χ2v) is 4.26.